The number of fused-ring (bicyclic) bond motifs is 1. The fourth-order valence-corrected chi connectivity index (χ4v) is 2.89. The van der Waals surface area contributed by atoms with E-state index in [9.17, 15) is 9.18 Å². The van der Waals surface area contributed by atoms with Crippen molar-refractivity contribution in [2.75, 3.05) is 18.5 Å². The highest BCUT2D eigenvalue weighted by Gasteiger charge is 2.24. The summed E-state index contributed by atoms with van der Waals surface area (Å²) >= 11 is 0. The maximum absolute atomic E-state index is 14.5. The topological polar surface area (TPSA) is 88.4 Å². The van der Waals surface area contributed by atoms with Gasteiger partial charge in [0.15, 0.2) is 0 Å². The standard InChI is InChI=1S/C20H19FN4O3/c1-3-13-7-8-16(15(21)12-13)23-19-17(20(27)24-28-11-10-26)14-6-5-9-22-18(14)25(19)4-2/h1,5-9,12,23,26H,4,10-11H2,2H3,(H,24,27). The van der Waals surface area contributed by atoms with E-state index in [0.717, 1.165) is 0 Å². The number of hydrogen-bond donors (Lipinski definition) is 3. The molecule has 0 saturated heterocycles. The number of aromatic nitrogens is 2. The molecular weight excluding hydrogens is 363 g/mol. The second-order valence-electron chi connectivity index (χ2n) is 5.81. The number of hydroxylamine groups is 1. The lowest BCUT2D eigenvalue weighted by Crippen LogP contribution is -2.26. The first-order chi connectivity index (χ1) is 13.6. The first-order valence-corrected chi connectivity index (χ1v) is 8.64. The van der Waals surface area contributed by atoms with Crippen molar-refractivity contribution < 1.29 is 19.1 Å². The van der Waals surface area contributed by atoms with Crippen molar-refractivity contribution in [3.63, 3.8) is 0 Å². The fraction of sp³-hybridized carbons (Fsp3) is 0.200. The molecule has 0 unspecified atom stereocenters. The molecule has 0 saturated carbocycles. The fourth-order valence-electron chi connectivity index (χ4n) is 2.89. The molecule has 8 heteroatoms. The molecule has 7 nitrogen and oxygen atoms in total. The minimum atomic E-state index is -0.542. The van der Waals surface area contributed by atoms with E-state index in [0.29, 0.717) is 29.0 Å². The van der Waals surface area contributed by atoms with E-state index in [2.05, 4.69) is 21.7 Å². The highest BCUT2D eigenvalue weighted by atomic mass is 19.1. The van der Waals surface area contributed by atoms with E-state index in [-0.39, 0.29) is 24.5 Å². The molecule has 0 radical (unpaired) electrons. The van der Waals surface area contributed by atoms with Crippen molar-refractivity contribution in [1.82, 2.24) is 15.0 Å². The van der Waals surface area contributed by atoms with Crippen LogP contribution in [0.15, 0.2) is 36.5 Å². The number of pyridine rings is 1. The second kappa shape index (κ2) is 8.52. The number of aliphatic hydroxyl groups excluding tert-OH is 1. The van der Waals surface area contributed by atoms with Crippen LogP contribution in [0.5, 0.6) is 0 Å². The lowest BCUT2D eigenvalue weighted by atomic mass is 10.1. The molecule has 3 aromatic rings. The molecule has 0 bridgehead atoms. The lowest BCUT2D eigenvalue weighted by molar-refractivity contribution is 0.0170. The number of nitrogens with zero attached hydrogens (tertiary/aromatic N) is 2. The van der Waals surface area contributed by atoms with Crippen LogP contribution >= 0.6 is 0 Å². The van der Waals surface area contributed by atoms with Gasteiger partial charge in [-0.3, -0.25) is 9.63 Å². The number of benzene rings is 1. The van der Waals surface area contributed by atoms with Crippen LogP contribution in [0, 0.1) is 18.2 Å². The number of hydrogen-bond acceptors (Lipinski definition) is 5. The van der Waals surface area contributed by atoms with Crippen LogP contribution in [-0.2, 0) is 11.4 Å². The maximum Gasteiger partial charge on any atom is 0.279 e. The Kier molecular flexibility index (Phi) is 5.89. The van der Waals surface area contributed by atoms with Gasteiger partial charge in [-0.15, -0.1) is 6.42 Å². The van der Waals surface area contributed by atoms with Crippen LogP contribution in [0.3, 0.4) is 0 Å². The SMILES string of the molecule is C#Cc1ccc(Nc2c(C(=O)NOCCO)c3cccnc3n2CC)c(F)c1. The molecule has 28 heavy (non-hydrogen) atoms. The molecule has 1 aromatic carbocycles. The summed E-state index contributed by atoms with van der Waals surface area (Å²) in [5.41, 5.74) is 3.69. The number of aliphatic hydroxyl groups is 1. The highest BCUT2D eigenvalue weighted by molar-refractivity contribution is 6.11. The van der Waals surface area contributed by atoms with Crippen molar-refractivity contribution in [1.29, 1.82) is 0 Å². The Labute approximate surface area is 161 Å². The van der Waals surface area contributed by atoms with E-state index >= 15 is 0 Å². The predicted molar refractivity (Wildman–Crippen MR) is 104 cm³/mol. The molecule has 144 valence electrons. The zero-order valence-electron chi connectivity index (χ0n) is 15.2. The van der Waals surface area contributed by atoms with Gasteiger partial charge in [-0.25, -0.2) is 14.9 Å². The minimum Gasteiger partial charge on any atom is -0.394 e. The Morgan fingerprint density at radius 2 is 2.25 bits per heavy atom. The number of aryl methyl sites for hydroxylation is 1. The number of terminal acetylenes is 1. The highest BCUT2D eigenvalue weighted by Crippen LogP contribution is 2.32. The zero-order valence-corrected chi connectivity index (χ0v) is 15.2. The van der Waals surface area contributed by atoms with E-state index in [1.807, 2.05) is 6.92 Å². The average Bonchev–Trinajstić information content (AvgIpc) is 3.02. The Hall–Kier alpha value is -3.41. The molecular formula is C20H19FN4O3. The molecule has 0 aliphatic carbocycles. The summed E-state index contributed by atoms with van der Waals surface area (Å²) in [6, 6.07) is 7.81. The van der Waals surface area contributed by atoms with Crippen LogP contribution < -0.4 is 10.8 Å². The number of anilines is 2. The normalized spacial score (nSPS) is 10.6. The summed E-state index contributed by atoms with van der Waals surface area (Å²) in [7, 11) is 0. The minimum absolute atomic E-state index is 0.0542. The van der Waals surface area contributed by atoms with Gasteiger partial charge in [0, 0.05) is 23.7 Å². The first kappa shape index (κ1) is 19.4. The van der Waals surface area contributed by atoms with E-state index in [1.165, 1.54) is 12.1 Å². The van der Waals surface area contributed by atoms with Crippen molar-refractivity contribution >= 4 is 28.4 Å². The largest absolute Gasteiger partial charge is 0.394 e. The lowest BCUT2D eigenvalue weighted by Gasteiger charge is -2.13. The van der Waals surface area contributed by atoms with Gasteiger partial charge in [0.25, 0.3) is 5.91 Å². The van der Waals surface area contributed by atoms with Crippen molar-refractivity contribution in [2.45, 2.75) is 13.5 Å². The molecule has 3 N–H and O–H groups in total. The van der Waals surface area contributed by atoms with E-state index in [1.54, 1.807) is 29.0 Å². The van der Waals surface area contributed by atoms with Crippen LogP contribution in [-0.4, -0.2) is 33.8 Å². The number of nitrogens with one attached hydrogen (secondary N) is 2. The van der Waals surface area contributed by atoms with Gasteiger partial charge in [0.1, 0.15) is 17.3 Å². The van der Waals surface area contributed by atoms with Gasteiger partial charge in [-0.2, -0.15) is 0 Å². The summed E-state index contributed by atoms with van der Waals surface area (Å²) < 4.78 is 16.2. The van der Waals surface area contributed by atoms with Crippen molar-refractivity contribution in [3.8, 4) is 12.3 Å². The predicted octanol–water partition coefficient (Wildman–Crippen LogP) is 2.57. The Morgan fingerprint density at radius 3 is 2.93 bits per heavy atom. The van der Waals surface area contributed by atoms with Gasteiger partial charge in [-0.05, 0) is 37.3 Å². The molecule has 2 heterocycles. The maximum atomic E-state index is 14.5. The van der Waals surface area contributed by atoms with Crippen LogP contribution in [0.25, 0.3) is 11.0 Å². The number of halogens is 1. The number of carbonyl (C=O) groups excluding carboxylic acids is 1. The number of rotatable bonds is 7. The third-order valence-electron chi connectivity index (χ3n) is 4.11. The summed E-state index contributed by atoms with van der Waals surface area (Å²) in [4.78, 5) is 22.0. The van der Waals surface area contributed by atoms with Crippen LogP contribution in [0.4, 0.5) is 15.9 Å². The van der Waals surface area contributed by atoms with E-state index < -0.39 is 11.7 Å². The summed E-state index contributed by atoms with van der Waals surface area (Å²) in [6.07, 6.45) is 6.92. The monoisotopic (exact) mass is 382 g/mol. The van der Waals surface area contributed by atoms with Crippen molar-refractivity contribution in [2.24, 2.45) is 0 Å². The molecule has 0 aliphatic heterocycles. The molecule has 0 fully saturated rings. The third kappa shape index (κ3) is 3.67. The zero-order chi connectivity index (χ0) is 20.1. The first-order valence-electron chi connectivity index (χ1n) is 8.64. The molecule has 0 spiro atoms. The number of carbonyl (C=O) groups is 1. The molecule has 0 atom stereocenters. The van der Waals surface area contributed by atoms with Gasteiger partial charge in [0.05, 0.1) is 24.5 Å². The Bertz CT molecular complexity index is 1060. The molecule has 3 rings (SSSR count). The third-order valence-corrected chi connectivity index (χ3v) is 4.11. The van der Waals surface area contributed by atoms with E-state index in [4.69, 9.17) is 16.4 Å². The van der Waals surface area contributed by atoms with Gasteiger partial charge in [-0.1, -0.05) is 5.92 Å². The average molecular weight is 382 g/mol. The number of amides is 1. The quantitative estimate of drug-likeness (QED) is 0.332. The summed E-state index contributed by atoms with van der Waals surface area (Å²) in [5, 5.41) is 12.4. The molecule has 2 aromatic heterocycles. The van der Waals surface area contributed by atoms with Gasteiger partial charge in [0.2, 0.25) is 0 Å². The summed E-state index contributed by atoms with van der Waals surface area (Å²) in [5.74, 6) is 1.66. The van der Waals surface area contributed by atoms with Gasteiger partial charge >= 0.3 is 0 Å². The second-order valence-corrected chi connectivity index (χ2v) is 5.81. The van der Waals surface area contributed by atoms with Crippen LogP contribution in [0.1, 0.15) is 22.8 Å². The smallest absolute Gasteiger partial charge is 0.279 e. The molecule has 0 aliphatic rings. The van der Waals surface area contributed by atoms with Crippen molar-refractivity contribution in [3.05, 3.63) is 53.5 Å². The Balaban J connectivity index is 2.10. The molecule has 1 amide bonds. The van der Waals surface area contributed by atoms with Crippen LogP contribution in [0.2, 0.25) is 0 Å². The van der Waals surface area contributed by atoms with Gasteiger partial charge < -0.3 is 15.0 Å². The Morgan fingerprint density at radius 1 is 1.43 bits per heavy atom. The summed E-state index contributed by atoms with van der Waals surface area (Å²) in [6.45, 7) is 2.09.